The van der Waals surface area contributed by atoms with Gasteiger partial charge in [-0.25, -0.2) is 4.79 Å². The fraction of sp³-hybridized carbons (Fsp3) is 0.381. The van der Waals surface area contributed by atoms with Crippen molar-refractivity contribution in [2.75, 3.05) is 26.3 Å². The molecule has 2 aromatic carbocycles. The second-order valence-electron chi connectivity index (χ2n) is 6.25. The lowest BCUT2D eigenvalue weighted by Crippen LogP contribution is -2.41. The largest absolute Gasteiger partial charge is 0.494 e. The highest BCUT2D eigenvalue weighted by Crippen LogP contribution is 2.32. The van der Waals surface area contributed by atoms with Gasteiger partial charge in [-0.1, -0.05) is 30.3 Å². The molecule has 26 heavy (non-hydrogen) atoms. The maximum Gasteiger partial charge on any atom is 0.318 e. The van der Waals surface area contributed by atoms with Gasteiger partial charge in [-0.3, -0.25) is 0 Å². The van der Waals surface area contributed by atoms with Crippen LogP contribution in [0.15, 0.2) is 54.6 Å². The summed E-state index contributed by atoms with van der Waals surface area (Å²) in [6, 6.07) is 17.8. The van der Waals surface area contributed by atoms with Crippen molar-refractivity contribution in [1.29, 1.82) is 0 Å². The lowest BCUT2D eigenvalue weighted by molar-refractivity contribution is 0.190. The number of amides is 2. The molecule has 2 amide bonds. The highest BCUT2D eigenvalue weighted by molar-refractivity contribution is 5.75. The molecule has 1 unspecified atom stereocenters. The van der Waals surface area contributed by atoms with Crippen LogP contribution in [0.4, 0.5) is 4.79 Å². The lowest BCUT2D eigenvalue weighted by Gasteiger charge is -2.25. The Morgan fingerprint density at radius 2 is 1.81 bits per heavy atom. The molecule has 0 aliphatic carbocycles. The quantitative estimate of drug-likeness (QED) is 0.764. The number of likely N-dealkylation sites (tertiary alicyclic amines) is 1. The molecule has 0 spiro atoms. The zero-order valence-corrected chi connectivity index (χ0v) is 15.2. The molecule has 3 rings (SSSR count). The van der Waals surface area contributed by atoms with E-state index in [0.29, 0.717) is 19.8 Å². The fourth-order valence-electron chi connectivity index (χ4n) is 3.25. The van der Waals surface area contributed by atoms with E-state index in [2.05, 4.69) is 17.4 Å². The molecule has 1 aliphatic heterocycles. The van der Waals surface area contributed by atoms with Gasteiger partial charge in [0.15, 0.2) is 0 Å². The number of rotatable bonds is 7. The van der Waals surface area contributed by atoms with Crippen LogP contribution < -0.4 is 14.8 Å². The zero-order valence-electron chi connectivity index (χ0n) is 15.2. The van der Waals surface area contributed by atoms with E-state index in [0.717, 1.165) is 36.4 Å². The standard InChI is InChI=1S/C21H26N2O3/c1-2-25-19-12-10-17(11-13-19)20-9-6-15-23(20)21(24)22-14-16-26-18-7-4-3-5-8-18/h3-5,7-8,10-13,20H,2,6,9,14-16H2,1H3,(H,22,24). The molecule has 0 saturated carbocycles. The van der Waals surface area contributed by atoms with Crippen molar-refractivity contribution < 1.29 is 14.3 Å². The molecule has 1 aliphatic rings. The minimum atomic E-state index is -0.0296. The van der Waals surface area contributed by atoms with E-state index in [1.54, 1.807) is 0 Å². The summed E-state index contributed by atoms with van der Waals surface area (Å²) in [5.41, 5.74) is 1.15. The van der Waals surface area contributed by atoms with E-state index in [9.17, 15) is 4.79 Å². The van der Waals surface area contributed by atoms with Gasteiger partial charge in [0.05, 0.1) is 19.2 Å². The van der Waals surface area contributed by atoms with Crippen LogP contribution in [0.3, 0.4) is 0 Å². The molecule has 1 atom stereocenters. The Hall–Kier alpha value is -2.69. The summed E-state index contributed by atoms with van der Waals surface area (Å²) in [5, 5.41) is 2.96. The van der Waals surface area contributed by atoms with E-state index >= 15 is 0 Å². The predicted molar refractivity (Wildman–Crippen MR) is 102 cm³/mol. The summed E-state index contributed by atoms with van der Waals surface area (Å²) in [4.78, 5) is 14.5. The van der Waals surface area contributed by atoms with Gasteiger partial charge in [-0.15, -0.1) is 0 Å². The van der Waals surface area contributed by atoms with Crippen LogP contribution in [0.5, 0.6) is 11.5 Å². The summed E-state index contributed by atoms with van der Waals surface area (Å²) in [5.74, 6) is 1.68. The van der Waals surface area contributed by atoms with E-state index in [1.807, 2.05) is 54.3 Å². The van der Waals surface area contributed by atoms with Gasteiger partial charge in [-0.05, 0) is 49.6 Å². The van der Waals surface area contributed by atoms with Crippen molar-refractivity contribution in [2.45, 2.75) is 25.8 Å². The van der Waals surface area contributed by atoms with Crippen LogP contribution in [0, 0.1) is 0 Å². The number of hydrogen-bond donors (Lipinski definition) is 1. The van der Waals surface area contributed by atoms with E-state index in [-0.39, 0.29) is 12.1 Å². The van der Waals surface area contributed by atoms with Crippen molar-refractivity contribution >= 4 is 6.03 Å². The number of urea groups is 1. The van der Waals surface area contributed by atoms with Gasteiger partial charge >= 0.3 is 6.03 Å². The number of hydrogen-bond acceptors (Lipinski definition) is 3. The summed E-state index contributed by atoms with van der Waals surface area (Å²) < 4.78 is 11.1. The number of ether oxygens (including phenoxy) is 2. The minimum absolute atomic E-state index is 0.0296. The van der Waals surface area contributed by atoms with Gasteiger partial charge in [-0.2, -0.15) is 0 Å². The highest BCUT2D eigenvalue weighted by Gasteiger charge is 2.29. The number of carbonyl (C=O) groups is 1. The minimum Gasteiger partial charge on any atom is -0.494 e. The van der Waals surface area contributed by atoms with Crippen LogP contribution in [0.2, 0.25) is 0 Å². The smallest absolute Gasteiger partial charge is 0.318 e. The molecular weight excluding hydrogens is 328 g/mol. The number of benzene rings is 2. The Morgan fingerprint density at radius 1 is 1.08 bits per heavy atom. The van der Waals surface area contributed by atoms with Crippen molar-refractivity contribution in [2.24, 2.45) is 0 Å². The average molecular weight is 354 g/mol. The summed E-state index contributed by atoms with van der Waals surface area (Å²) in [7, 11) is 0. The average Bonchev–Trinajstić information content (AvgIpc) is 3.17. The Morgan fingerprint density at radius 3 is 2.54 bits per heavy atom. The number of nitrogens with zero attached hydrogens (tertiary/aromatic N) is 1. The Kier molecular flexibility index (Phi) is 6.36. The van der Waals surface area contributed by atoms with E-state index in [4.69, 9.17) is 9.47 Å². The number of para-hydroxylation sites is 1. The van der Waals surface area contributed by atoms with Crippen molar-refractivity contribution in [3.63, 3.8) is 0 Å². The zero-order chi connectivity index (χ0) is 18.2. The van der Waals surface area contributed by atoms with Crippen LogP contribution in [0.1, 0.15) is 31.4 Å². The van der Waals surface area contributed by atoms with Gasteiger partial charge in [0.2, 0.25) is 0 Å². The molecule has 5 heteroatoms. The van der Waals surface area contributed by atoms with E-state index < -0.39 is 0 Å². The first-order valence-corrected chi connectivity index (χ1v) is 9.23. The van der Waals surface area contributed by atoms with Crippen molar-refractivity contribution in [3.8, 4) is 11.5 Å². The van der Waals surface area contributed by atoms with E-state index in [1.165, 1.54) is 0 Å². The third-order valence-electron chi connectivity index (χ3n) is 4.48. The second kappa shape index (κ2) is 9.13. The monoisotopic (exact) mass is 354 g/mol. The second-order valence-corrected chi connectivity index (χ2v) is 6.25. The van der Waals surface area contributed by atoms with Gasteiger partial charge in [0, 0.05) is 6.54 Å². The maximum absolute atomic E-state index is 12.5. The predicted octanol–water partition coefficient (Wildman–Crippen LogP) is 4.01. The molecule has 2 aromatic rings. The molecule has 5 nitrogen and oxygen atoms in total. The molecule has 0 bridgehead atoms. The summed E-state index contributed by atoms with van der Waals surface area (Å²) in [6.07, 6.45) is 2.01. The van der Waals surface area contributed by atoms with Crippen LogP contribution in [-0.4, -0.2) is 37.2 Å². The number of carbonyl (C=O) groups excluding carboxylic acids is 1. The molecule has 138 valence electrons. The molecular formula is C21H26N2O3. The van der Waals surface area contributed by atoms with Crippen LogP contribution >= 0.6 is 0 Å². The Bertz CT molecular complexity index is 688. The first kappa shape index (κ1) is 18.1. The molecule has 1 fully saturated rings. The number of nitrogens with one attached hydrogen (secondary N) is 1. The summed E-state index contributed by atoms with van der Waals surface area (Å²) >= 11 is 0. The van der Waals surface area contributed by atoms with Gasteiger partial charge in [0.25, 0.3) is 0 Å². The van der Waals surface area contributed by atoms with Crippen molar-refractivity contribution in [1.82, 2.24) is 10.2 Å². The highest BCUT2D eigenvalue weighted by atomic mass is 16.5. The molecule has 1 heterocycles. The maximum atomic E-state index is 12.5. The normalized spacial score (nSPS) is 16.3. The SMILES string of the molecule is CCOc1ccc(C2CCCN2C(=O)NCCOc2ccccc2)cc1. The lowest BCUT2D eigenvalue weighted by atomic mass is 10.0. The van der Waals surface area contributed by atoms with Crippen LogP contribution in [-0.2, 0) is 0 Å². The topological polar surface area (TPSA) is 50.8 Å². The Labute approximate surface area is 154 Å². The van der Waals surface area contributed by atoms with Gasteiger partial charge in [0.1, 0.15) is 18.1 Å². The van der Waals surface area contributed by atoms with Gasteiger partial charge < -0.3 is 19.7 Å². The van der Waals surface area contributed by atoms with Crippen molar-refractivity contribution in [3.05, 3.63) is 60.2 Å². The molecule has 0 radical (unpaired) electrons. The Balaban J connectivity index is 1.49. The third-order valence-corrected chi connectivity index (χ3v) is 4.48. The molecule has 1 saturated heterocycles. The first-order chi connectivity index (χ1) is 12.8. The molecule has 0 aromatic heterocycles. The summed E-state index contributed by atoms with van der Waals surface area (Å²) in [6.45, 7) is 4.35. The first-order valence-electron chi connectivity index (χ1n) is 9.23. The van der Waals surface area contributed by atoms with Crippen LogP contribution in [0.25, 0.3) is 0 Å². The fourth-order valence-corrected chi connectivity index (χ4v) is 3.25. The third kappa shape index (κ3) is 4.69. The molecule has 1 N–H and O–H groups in total.